The first-order chi connectivity index (χ1) is 6.94. The fourth-order valence-electron chi connectivity index (χ4n) is 1.32. The van der Waals surface area contributed by atoms with Crippen molar-refractivity contribution in [2.45, 2.75) is 72.7 Å². The lowest BCUT2D eigenvalue weighted by atomic mass is 9.82. The average molecular weight is 232 g/mol. The van der Waals surface area contributed by atoms with Crippen molar-refractivity contribution in [3.63, 3.8) is 0 Å². The van der Waals surface area contributed by atoms with Crippen LogP contribution in [0.25, 0.3) is 0 Å². The van der Waals surface area contributed by atoms with E-state index < -0.39 is 18.3 Å². The molecule has 3 N–H and O–H groups in total. The molecular formula is C13H28O3. The highest BCUT2D eigenvalue weighted by Gasteiger charge is 2.29. The molecule has 0 rings (SSSR count). The van der Waals surface area contributed by atoms with Gasteiger partial charge in [-0.2, -0.15) is 0 Å². The zero-order valence-electron chi connectivity index (χ0n) is 11.5. The Labute approximate surface area is 99.5 Å². The van der Waals surface area contributed by atoms with Crippen molar-refractivity contribution >= 4 is 0 Å². The summed E-state index contributed by atoms with van der Waals surface area (Å²) < 4.78 is 0. The summed E-state index contributed by atoms with van der Waals surface area (Å²) in [5.41, 5.74) is -0.457. The van der Waals surface area contributed by atoms with Gasteiger partial charge in [-0.25, -0.2) is 0 Å². The molecule has 2 atom stereocenters. The van der Waals surface area contributed by atoms with Gasteiger partial charge < -0.3 is 15.3 Å². The first-order valence-electron chi connectivity index (χ1n) is 5.98. The lowest BCUT2D eigenvalue weighted by Crippen LogP contribution is -2.35. The summed E-state index contributed by atoms with van der Waals surface area (Å²) in [5, 5.41) is 29.5. The molecule has 3 nitrogen and oxygen atoms in total. The van der Waals surface area contributed by atoms with E-state index in [-0.39, 0.29) is 10.8 Å². The third kappa shape index (κ3) is 5.83. The molecule has 0 bridgehead atoms. The van der Waals surface area contributed by atoms with Crippen LogP contribution < -0.4 is 0 Å². The SMILES string of the molecule is CC(C)(C)[C@@H](O)CC(O)C[C@H](O)C(C)(C)C. The summed E-state index contributed by atoms with van der Waals surface area (Å²) in [6.45, 7) is 11.6. The van der Waals surface area contributed by atoms with E-state index in [0.717, 1.165) is 0 Å². The van der Waals surface area contributed by atoms with Crippen LogP contribution in [0.15, 0.2) is 0 Å². The highest BCUT2D eigenvalue weighted by atomic mass is 16.3. The van der Waals surface area contributed by atoms with Gasteiger partial charge >= 0.3 is 0 Å². The smallest absolute Gasteiger partial charge is 0.0613 e. The van der Waals surface area contributed by atoms with Crippen LogP contribution in [-0.2, 0) is 0 Å². The maximum atomic E-state index is 9.83. The highest BCUT2D eigenvalue weighted by molar-refractivity contribution is 4.80. The topological polar surface area (TPSA) is 60.7 Å². The summed E-state index contributed by atoms with van der Waals surface area (Å²) in [4.78, 5) is 0. The summed E-state index contributed by atoms with van der Waals surface area (Å²) >= 11 is 0. The number of rotatable bonds is 4. The third-order valence-corrected chi connectivity index (χ3v) is 2.99. The molecule has 0 saturated carbocycles. The minimum Gasteiger partial charge on any atom is -0.393 e. The molecule has 0 radical (unpaired) electrons. The molecule has 0 aromatic rings. The Kier molecular flexibility index (Phi) is 5.44. The van der Waals surface area contributed by atoms with Gasteiger partial charge in [0.2, 0.25) is 0 Å². The van der Waals surface area contributed by atoms with Crippen LogP contribution in [0.3, 0.4) is 0 Å². The van der Waals surface area contributed by atoms with Gasteiger partial charge in [0.25, 0.3) is 0 Å². The lowest BCUT2D eigenvalue weighted by molar-refractivity contribution is -0.0242. The Morgan fingerprint density at radius 2 is 0.938 bits per heavy atom. The Morgan fingerprint density at radius 3 is 1.12 bits per heavy atom. The normalized spacial score (nSPS) is 17.6. The Hall–Kier alpha value is -0.120. The predicted octanol–water partition coefficient (Wildman–Crippen LogP) is 1.94. The van der Waals surface area contributed by atoms with Crippen LogP contribution in [0, 0.1) is 10.8 Å². The van der Waals surface area contributed by atoms with Crippen LogP contribution in [-0.4, -0.2) is 33.6 Å². The van der Waals surface area contributed by atoms with Gasteiger partial charge in [0.1, 0.15) is 0 Å². The van der Waals surface area contributed by atoms with E-state index in [4.69, 9.17) is 0 Å². The summed E-state index contributed by atoms with van der Waals surface area (Å²) in [7, 11) is 0. The van der Waals surface area contributed by atoms with E-state index in [1.165, 1.54) is 0 Å². The van der Waals surface area contributed by atoms with E-state index in [9.17, 15) is 15.3 Å². The minimum atomic E-state index is -0.650. The van der Waals surface area contributed by atoms with E-state index >= 15 is 0 Å². The second-order valence-electron chi connectivity index (χ2n) is 6.89. The minimum absolute atomic E-state index is 0.229. The Morgan fingerprint density at radius 1 is 0.688 bits per heavy atom. The zero-order chi connectivity index (χ0) is 13.1. The maximum absolute atomic E-state index is 9.83. The quantitative estimate of drug-likeness (QED) is 0.694. The second-order valence-corrected chi connectivity index (χ2v) is 6.89. The molecule has 98 valence electrons. The standard InChI is InChI=1S/C13H28O3/c1-12(2,3)10(15)7-9(14)8-11(16)13(4,5)6/h9-11,14-16H,7-8H2,1-6H3/t10-,11-/m0/s1. The van der Waals surface area contributed by atoms with Crippen molar-refractivity contribution in [2.24, 2.45) is 10.8 Å². The molecule has 0 spiro atoms. The van der Waals surface area contributed by atoms with Crippen molar-refractivity contribution in [1.29, 1.82) is 0 Å². The molecule has 0 aromatic heterocycles. The first kappa shape index (κ1) is 15.9. The van der Waals surface area contributed by atoms with Crippen molar-refractivity contribution < 1.29 is 15.3 Å². The van der Waals surface area contributed by atoms with Crippen LogP contribution in [0.5, 0.6) is 0 Å². The molecule has 16 heavy (non-hydrogen) atoms. The van der Waals surface area contributed by atoms with Gasteiger partial charge in [-0.15, -0.1) is 0 Å². The molecule has 0 unspecified atom stereocenters. The van der Waals surface area contributed by atoms with Crippen LogP contribution in [0.2, 0.25) is 0 Å². The first-order valence-corrected chi connectivity index (χ1v) is 5.98. The molecule has 0 aromatic carbocycles. The summed E-state index contributed by atoms with van der Waals surface area (Å²) in [5.74, 6) is 0. The molecule has 0 saturated heterocycles. The largest absolute Gasteiger partial charge is 0.393 e. The van der Waals surface area contributed by atoms with Gasteiger partial charge in [0.05, 0.1) is 18.3 Å². The fourth-order valence-corrected chi connectivity index (χ4v) is 1.32. The molecule has 0 heterocycles. The van der Waals surface area contributed by atoms with Crippen molar-refractivity contribution in [3.8, 4) is 0 Å². The second kappa shape index (κ2) is 5.48. The van der Waals surface area contributed by atoms with Crippen LogP contribution in [0.4, 0.5) is 0 Å². The molecule has 0 aliphatic heterocycles. The lowest BCUT2D eigenvalue weighted by Gasteiger charge is -2.31. The number of hydrogen-bond donors (Lipinski definition) is 3. The third-order valence-electron chi connectivity index (χ3n) is 2.99. The average Bonchev–Trinajstić information content (AvgIpc) is 1.99. The van der Waals surface area contributed by atoms with E-state index in [2.05, 4.69) is 0 Å². The van der Waals surface area contributed by atoms with Gasteiger partial charge in [-0.3, -0.25) is 0 Å². The zero-order valence-corrected chi connectivity index (χ0v) is 11.5. The van der Waals surface area contributed by atoms with Gasteiger partial charge in [-0.1, -0.05) is 41.5 Å². The number of aliphatic hydroxyl groups excluding tert-OH is 3. The Balaban J connectivity index is 4.15. The van der Waals surface area contributed by atoms with Crippen molar-refractivity contribution in [2.75, 3.05) is 0 Å². The monoisotopic (exact) mass is 232 g/mol. The molecule has 3 heteroatoms. The van der Waals surface area contributed by atoms with Gasteiger partial charge in [0, 0.05) is 0 Å². The van der Waals surface area contributed by atoms with Crippen LogP contribution >= 0.6 is 0 Å². The Bertz CT molecular complexity index is 178. The number of hydrogen-bond acceptors (Lipinski definition) is 3. The molecular weight excluding hydrogens is 204 g/mol. The highest BCUT2D eigenvalue weighted by Crippen LogP contribution is 2.27. The van der Waals surface area contributed by atoms with Crippen molar-refractivity contribution in [3.05, 3.63) is 0 Å². The van der Waals surface area contributed by atoms with E-state index in [1.54, 1.807) is 0 Å². The predicted molar refractivity (Wildman–Crippen MR) is 66.2 cm³/mol. The van der Waals surface area contributed by atoms with E-state index in [0.29, 0.717) is 12.8 Å². The molecule has 0 amide bonds. The van der Waals surface area contributed by atoms with Gasteiger partial charge in [-0.05, 0) is 23.7 Å². The summed E-state index contributed by atoms with van der Waals surface area (Å²) in [6.07, 6.45) is -1.11. The fraction of sp³-hybridized carbons (Fsp3) is 1.00. The maximum Gasteiger partial charge on any atom is 0.0613 e. The summed E-state index contributed by atoms with van der Waals surface area (Å²) in [6, 6.07) is 0. The van der Waals surface area contributed by atoms with Crippen molar-refractivity contribution in [1.82, 2.24) is 0 Å². The molecule has 0 aliphatic carbocycles. The van der Waals surface area contributed by atoms with E-state index in [1.807, 2.05) is 41.5 Å². The van der Waals surface area contributed by atoms with Crippen LogP contribution in [0.1, 0.15) is 54.4 Å². The van der Waals surface area contributed by atoms with Gasteiger partial charge in [0.15, 0.2) is 0 Å². The number of aliphatic hydroxyl groups is 3. The molecule has 0 aliphatic rings. The molecule has 0 fully saturated rings.